The molecule has 32 heavy (non-hydrogen) atoms. The van der Waals surface area contributed by atoms with Crippen LogP contribution in [0.2, 0.25) is 0 Å². The minimum atomic E-state index is -0.660. The van der Waals surface area contributed by atoms with E-state index >= 15 is 0 Å². The molecule has 4 rings (SSSR count). The molecule has 0 bridgehead atoms. The number of nitrogens with one attached hydrogen (secondary N) is 1. The minimum absolute atomic E-state index is 0.158. The highest BCUT2D eigenvalue weighted by molar-refractivity contribution is 5.90. The highest BCUT2D eigenvalue weighted by Crippen LogP contribution is 2.37. The Morgan fingerprint density at radius 1 is 1.38 bits per heavy atom. The summed E-state index contributed by atoms with van der Waals surface area (Å²) < 4.78 is 19.3. The first kappa shape index (κ1) is 22.2. The molecule has 0 spiro atoms. The Labute approximate surface area is 186 Å². The minimum Gasteiger partial charge on any atom is -0.491 e. The Hall–Kier alpha value is -3.01. The van der Waals surface area contributed by atoms with Gasteiger partial charge in [0.25, 0.3) is 0 Å². The smallest absolute Gasteiger partial charge is 0.222 e. The number of ether oxygens (including phenoxy) is 3. The lowest BCUT2D eigenvalue weighted by atomic mass is 9.97. The Kier molecular flexibility index (Phi) is 6.14. The zero-order chi connectivity index (χ0) is 22.9. The van der Waals surface area contributed by atoms with E-state index < -0.39 is 11.7 Å². The van der Waals surface area contributed by atoms with Crippen LogP contribution in [0.3, 0.4) is 0 Å². The number of anilines is 1. The summed E-state index contributed by atoms with van der Waals surface area (Å²) in [6.45, 7) is 6.25. The van der Waals surface area contributed by atoms with Crippen molar-refractivity contribution in [1.82, 2.24) is 14.4 Å². The standard InChI is InChI=1S/C23H28N4O5/c1-14-7-18(20-10-22(25-16(3)29)24-13-27(14)20)19-8-17(32-11-15(2)28)9-21(26-19)23(30-4)5-6-31-12-23/h7-10,13,15,28H,5-6,11-12H2,1-4H3,(H,25,29)/t15-,23-/m1/s1. The van der Waals surface area contributed by atoms with Crippen molar-refractivity contribution < 1.29 is 24.1 Å². The molecule has 2 atom stereocenters. The number of amides is 1. The van der Waals surface area contributed by atoms with Crippen molar-refractivity contribution in [3.63, 3.8) is 0 Å². The largest absolute Gasteiger partial charge is 0.491 e. The van der Waals surface area contributed by atoms with Crippen LogP contribution in [0, 0.1) is 6.92 Å². The SMILES string of the molecule is CO[C@]1(c2cc(OC[C@@H](C)O)cc(-c3cc(C)n4cnc(NC(C)=O)cc34)n2)CCOC1. The molecule has 3 aromatic rings. The van der Waals surface area contributed by atoms with Crippen LogP contribution in [-0.4, -0.2) is 58.4 Å². The number of nitrogens with zero attached hydrogens (tertiary/aromatic N) is 3. The third kappa shape index (κ3) is 4.32. The molecule has 0 aromatic carbocycles. The average molecular weight is 441 g/mol. The maximum atomic E-state index is 11.5. The zero-order valence-electron chi connectivity index (χ0n) is 18.7. The summed E-state index contributed by atoms with van der Waals surface area (Å²) >= 11 is 0. The van der Waals surface area contributed by atoms with E-state index in [0.29, 0.717) is 42.6 Å². The number of aryl methyl sites for hydroxylation is 1. The van der Waals surface area contributed by atoms with Gasteiger partial charge in [-0.1, -0.05) is 0 Å². The predicted molar refractivity (Wildman–Crippen MR) is 119 cm³/mol. The molecule has 4 heterocycles. The van der Waals surface area contributed by atoms with Crippen molar-refractivity contribution in [2.24, 2.45) is 0 Å². The average Bonchev–Trinajstić information content (AvgIpc) is 3.37. The van der Waals surface area contributed by atoms with E-state index in [0.717, 1.165) is 16.8 Å². The van der Waals surface area contributed by atoms with Gasteiger partial charge in [0.15, 0.2) is 0 Å². The summed E-state index contributed by atoms with van der Waals surface area (Å²) in [5.41, 5.74) is 3.43. The lowest BCUT2D eigenvalue weighted by Crippen LogP contribution is -2.30. The van der Waals surface area contributed by atoms with E-state index in [1.54, 1.807) is 20.4 Å². The van der Waals surface area contributed by atoms with Gasteiger partial charge in [0, 0.05) is 56.5 Å². The predicted octanol–water partition coefficient (Wildman–Crippen LogP) is 2.68. The van der Waals surface area contributed by atoms with E-state index in [9.17, 15) is 9.90 Å². The van der Waals surface area contributed by atoms with Gasteiger partial charge in [-0.05, 0) is 19.9 Å². The van der Waals surface area contributed by atoms with Crippen LogP contribution >= 0.6 is 0 Å². The Morgan fingerprint density at radius 2 is 2.19 bits per heavy atom. The number of pyridine rings is 1. The molecule has 1 saturated heterocycles. The molecule has 1 aliphatic heterocycles. The molecule has 1 amide bonds. The first-order chi connectivity index (χ1) is 15.3. The summed E-state index contributed by atoms with van der Waals surface area (Å²) in [7, 11) is 1.66. The summed E-state index contributed by atoms with van der Waals surface area (Å²) in [5.74, 6) is 0.856. The van der Waals surface area contributed by atoms with E-state index in [1.807, 2.05) is 35.6 Å². The maximum Gasteiger partial charge on any atom is 0.222 e. The molecule has 1 fully saturated rings. The lowest BCUT2D eigenvalue weighted by Gasteiger charge is -2.26. The molecule has 9 nitrogen and oxygen atoms in total. The van der Waals surface area contributed by atoms with Crippen molar-refractivity contribution in [2.75, 3.05) is 32.2 Å². The summed E-state index contributed by atoms with van der Waals surface area (Å²) in [6, 6.07) is 7.53. The summed E-state index contributed by atoms with van der Waals surface area (Å²) in [5, 5.41) is 12.4. The van der Waals surface area contributed by atoms with Crippen LogP contribution < -0.4 is 10.1 Å². The van der Waals surface area contributed by atoms with Gasteiger partial charge in [-0.2, -0.15) is 0 Å². The van der Waals surface area contributed by atoms with Crippen molar-refractivity contribution in [1.29, 1.82) is 0 Å². The third-order valence-corrected chi connectivity index (χ3v) is 5.57. The van der Waals surface area contributed by atoms with Crippen LogP contribution in [0.4, 0.5) is 5.82 Å². The molecule has 0 saturated carbocycles. The van der Waals surface area contributed by atoms with E-state index in [1.165, 1.54) is 6.92 Å². The normalized spacial score (nSPS) is 19.3. The van der Waals surface area contributed by atoms with Crippen molar-refractivity contribution in [2.45, 2.75) is 38.9 Å². The van der Waals surface area contributed by atoms with Crippen molar-refractivity contribution in [3.05, 3.63) is 42.0 Å². The number of carbonyl (C=O) groups excluding carboxylic acids is 1. The van der Waals surface area contributed by atoms with Gasteiger partial charge in [-0.3, -0.25) is 4.79 Å². The zero-order valence-corrected chi connectivity index (χ0v) is 18.7. The number of hydrogen-bond acceptors (Lipinski definition) is 7. The molecular weight excluding hydrogens is 412 g/mol. The Bertz CT molecular complexity index is 1130. The molecular formula is C23H28N4O5. The molecule has 0 radical (unpaired) electrons. The maximum absolute atomic E-state index is 11.5. The second kappa shape index (κ2) is 8.85. The Balaban J connectivity index is 1.86. The van der Waals surface area contributed by atoms with Gasteiger partial charge >= 0.3 is 0 Å². The van der Waals surface area contributed by atoms with E-state index in [2.05, 4.69) is 10.3 Å². The van der Waals surface area contributed by atoms with E-state index in [4.69, 9.17) is 19.2 Å². The van der Waals surface area contributed by atoms with Gasteiger partial charge in [0.2, 0.25) is 5.91 Å². The molecule has 0 aliphatic carbocycles. The number of aliphatic hydroxyl groups excluding tert-OH is 1. The van der Waals surface area contributed by atoms with Gasteiger partial charge in [0.1, 0.15) is 30.1 Å². The Morgan fingerprint density at radius 3 is 2.84 bits per heavy atom. The molecule has 2 N–H and O–H groups in total. The van der Waals surface area contributed by atoms with Gasteiger partial charge in [0.05, 0.1) is 29.6 Å². The highest BCUT2D eigenvalue weighted by Gasteiger charge is 2.39. The summed E-state index contributed by atoms with van der Waals surface area (Å²) in [4.78, 5) is 20.8. The number of aliphatic hydroxyl groups is 1. The number of aromatic nitrogens is 3. The second-order valence-electron chi connectivity index (χ2n) is 8.14. The quantitative estimate of drug-likeness (QED) is 0.582. The number of carbonyl (C=O) groups is 1. The lowest BCUT2D eigenvalue weighted by molar-refractivity contribution is -0.114. The first-order valence-corrected chi connectivity index (χ1v) is 10.5. The number of methoxy groups -OCH3 is 1. The summed E-state index contributed by atoms with van der Waals surface area (Å²) in [6.07, 6.45) is 1.75. The van der Waals surface area contributed by atoms with Crippen LogP contribution in [0.1, 0.15) is 31.7 Å². The monoisotopic (exact) mass is 440 g/mol. The van der Waals surface area contributed by atoms with Crippen LogP contribution in [0.15, 0.2) is 30.6 Å². The fraction of sp³-hybridized carbons (Fsp3) is 0.435. The number of rotatable bonds is 7. The molecule has 0 unspecified atom stereocenters. The van der Waals surface area contributed by atoms with Crippen LogP contribution in [0.5, 0.6) is 5.75 Å². The van der Waals surface area contributed by atoms with Crippen molar-refractivity contribution >= 4 is 17.2 Å². The third-order valence-electron chi connectivity index (χ3n) is 5.57. The molecule has 9 heteroatoms. The molecule has 170 valence electrons. The topological polar surface area (TPSA) is 107 Å². The van der Waals surface area contributed by atoms with Crippen LogP contribution in [-0.2, 0) is 19.9 Å². The first-order valence-electron chi connectivity index (χ1n) is 10.5. The number of fused-ring (bicyclic) bond motifs is 1. The number of hydrogen-bond donors (Lipinski definition) is 2. The van der Waals surface area contributed by atoms with Gasteiger partial charge in [-0.15, -0.1) is 0 Å². The van der Waals surface area contributed by atoms with E-state index in [-0.39, 0.29) is 12.5 Å². The van der Waals surface area contributed by atoms with Crippen LogP contribution in [0.25, 0.3) is 16.8 Å². The fourth-order valence-electron chi connectivity index (χ4n) is 3.90. The molecule has 1 aliphatic rings. The second-order valence-corrected chi connectivity index (χ2v) is 8.14. The van der Waals surface area contributed by atoms with Crippen molar-refractivity contribution in [3.8, 4) is 17.0 Å². The van der Waals surface area contributed by atoms with Gasteiger partial charge < -0.3 is 29.0 Å². The fourth-order valence-corrected chi connectivity index (χ4v) is 3.90. The molecule has 3 aromatic heterocycles. The highest BCUT2D eigenvalue weighted by atomic mass is 16.5. The van der Waals surface area contributed by atoms with Gasteiger partial charge in [-0.25, -0.2) is 9.97 Å².